The molecule has 1 aliphatic rings. The molecule has 0 spiro atoms. The molecule has 0 radical (unpaired) electrons. The molecule has 1 nitrogen and oxygen atoms in total. The van der Waals surface area contributed by atoms with Crippen LogP contribution in [0.5, 0.6) is 0 Å². The number of rotatable bonds is 6. The number of nitrogens with one attached hydrogen (secondary N) is 1. The summed E-state index contributed by atoms with van der Waals surface area (Å²) in [5.41, 5.74) is 1.48. The van der Waals surface area contributed by atoms with Gasteiger partial charge in [0.2, 0.25) is 0 Å². The van der Waals surface area contributed by atoms with Gasteiger partial charge < -0.3 is 5.32 Å². The summed E-state index contributed by atoms with van der Waals surface area (Å²) in [5, 5.41) is 3.69. The molecule has 2 heteroatoms. The Morgan fingerprint density at radius 2 is 2.06 bits per heavy atom. The van der Waals surface area contributed by atoms with E-state index < -0.39 is 0 Å². The van der Waals surface area contributed by atoms with Crippen molar-refractivity contribution in [1.29, 1.82) is 0 Å². The van der Waals surface area contributed by atoms with Gasteiger partial charge >= 0.3 is 0 Å². The molecule has 1 saturated carbocycles. The molecule has 1 atom stereocenters. The zero-order valence-corrected chi connectivity index (χ0v) is 12.9. The lowest BCUT2D eigenvalue weighted by molar-refractivity contribution is 0.419. The zero-order valence-electron chi connectivity index (χ0n) is 12.1. The summed E-state index contributed by atoms with van der Waals surface area (Å²) < 4.78 is 0. The Kier molecular flexibility index (Phi) is 5.25. The predicted octanol–water partition coefficient (Wildman–Crippen LogP) is 4.99. The minimum Gasteiger partial charge on any atom is -0.310 e. The monoisotopic (exact) mass is 265 g/mol. The molecule has 0 aliphatic heterocycles. The highest BCUT2D eigenvalue weighted by atomic mass is 32.1. The van der Waals surface area contributed by atoms with Crippen LogP contribution in [0.15, 0.2) is 6.07 Å². The Labute approximate surface area is 116 Å². The van der Waals surface area contributed by atoms with Crippen LogP contribution < -0.4 is 5.32 Å². The third-order valence-corrected chi connectivity index (χ3v) is 5.45. The quantitative estimate of drug-likeness (QED) is 0.764. The van der Waals surface area contributed by atoms with E-state index in [1.807, 2.05) is 11.3 Å². The Hall–Kier alpha value is -0.340. The molecule has 0 saturated heterocycles. The molecule has 1 unspecified atom stereocenters. The van der Waals surface area contributed by atoms with E-state index >= 15 is 0 Å². The third kappa shape index (κ3) is 3.58. The van der Waals surface area contributed by atoms with Crippen LogP contribution in [0, 0.1) is 19.8 Å². The zero-order chi connectivity index (χ0) is 13.0. The smallest absolute Gasteiger partial charge is 0.0417 e. The second-order valence-electron chi connectivity index (χ2n) is 5.74. The topological polar surface area (TPSA) is 12.0 Å². The minimum absolute atomic E-state index is 0.592. The van der Waals surface area contributed by atoms with E-state index in [9.17, 15) is 0 Å². The molecule has 1 fully saturated rings. The maximum Gasteiger partial charge on any atom is 0.0417 e. The molecule has 1 aliphatic carbocycles. The average Bonchev–Trinajstić information content (AvgIpc) is 2.94. The van der Waals surface area contributed by atoms with E-state index in [4.69, 9.17) is 0 Å². The lowest BCUT2D eigenvalue weighted by atomic mass is 9.97. The first-order valence-corrected chi connectivity index (χ1v) is 8.32. The Morgan fingerprint density at radius 3 is 2.61 bits per heavy atom. The molecule has 1 heterocycles. The van der Waals surface area contributed by atoms with Crippen molar-refractivity contribution in [2.24, 2.45) is 5.92 Å². The van der Waals surface area contributed by atoms with E-state index in [-0.39, 0.29) is 0 Å². The van der Waals surface area contributed by atoms with E-state index in [0.717, 1.165) is 12.5 Å². The lowest BCUT2D eigenvalue weighted by Gasteiger charge is -2.19. The number of thiophene rings is 1. The molecule has 0 aromatic carbocycles. The summed E-state index contributed by atoms with van der Waals surface area (Å²) in [6.45, 7) is 7.78. The lowest BCUT2D eigenvalue weighted by Crippen LogP contribution is -2.21. The van der Waals surface area contributed by atoms with Crippen molar-refractivity contribution >= 4 is 11.3 Å². The predicted molar refractivity (Wildman–Crippen MR) is 81.4 cm³/mol. The molecule has 0 amide bonds. The molecule has 0 bridgehead atoms. The fraction of sp³-hybridized carbons (Fsp3) is 0.750. The summed E-state index contributed by atoms with van der Waals surface area (Å²) in [5.74, 6) is 1.01. The van der Waals surface area contributed by atoms with Gasteiger partial charge in [-0.3, -0.25) is 0 Å². The van der Waals surface area contributed by atoms with Crippen molar-refractivity contribution in [3.8, 4) is 0 Å². The second-order valence-corrected chi connectivity index (χ2v) is 7.03. The van der Waals surface area contributed by atoms with Gasteiger partial charge in [0.1, 0.15) is 0 Å². The third-order valence-electron chi connectivity index (χ3n) is 4.18. The Bertz CT molecular complexity index is 363. The summed E-state index contributed by atoms with van der Waals surface area (Å²) in [7, 11) is 0. The van der Waals surface area contributed by atoms with Gasteiger partial charge in [-0.05, 0) is 50.8 Å². The van der Waals surface area contributed by atoms with E-state index in [0.29, 0.717) is 6.04 Å². The van der Waals surface area contributed by atoms with Crippen molar-refractivity contribution in [2.75, 3.05) is 6.54 Å². The van der Waals surface area contributed by atoms with Crippen molar-refractivity contribution < 1.29 is 0 Å². The van der Waals surface area contributed by atoms with Gasteiger partial charge in [0.05, 0.1) is 0 Å². The Balaban J connectivity index is 1.96. The van der Waals surface area contributed by atoms with E-state index in [1.54, 1.807) is 4.88 Å². The van der Waals surface area contributed by atoms with Gasteiger partial charge in [-0.15, -0.1) is 11.3 Å². The second kappa shape index (κ2) is 6.72. The van der Waals surface area contributed by atoms with E-state index in [1.165, 1.54) is 49.0 Å². The van der Waals surface area contributed by atoms with E-state index in [2.05, 4.69) is 32.2 Å². The first-order chi connectivity index (χ1) is 8.70. The van der Waals surface area contributed by atoms with Gasteiger partial charge in [0.25, 0.3) is 0 Å². The van der Waals surface area contributed by atoms with Crippen molar-refractivity contribution in [2.45, 2.75) is 65.3 Å². The van der Waals surface area contributed by atoms with Crippen molar-refractivity contribution in [3.05, 3.63) is 21.4 Å². The fourth-order valence-corrected chi connectivity index (χ4v) is 4.42. The van der Waals surface area contributed by atoms with Crippen LogP contribution in [0.25, 0.3) is 0 Å². The average molecular weight is 265 g/mol. The maximum atomic E-state index is 3.69. The first-order valence-electron chi connectivity index (χ1n) is 7.51. The molecule has 1 N–H and O–H groups in total. The highest BCUT2D eigenvalue weighted by molar-refractivity contribution is 7.12. The largest absolute Gasteiger partial charge is 0.310 e. The molecule has 1 aromatic rings. The van der Waals surface area contributed by atoms with Crippen molar-refractivity contribution in [1.82, 2.24) is 5.32 Å². The van der Waals surface area contributed by atoms with Crippen LogP contribution in [-0.4, -0.2) is 6.54 Å². The molecular formula is C16H27NS. The molecule has 1 aromatic heterocycles. The minimum atomic E-state index is 0.592. The van der Waals surface area contributed by atoms with Gasteiger partial charge in [0.15, 0.2) is 0 Å². The molecular weight excluding hydrogens is 238 g/mol. The number of hydrogen-bond acceptors (Lipinski definition) is 2. The van der Waals surface area contributed by atoms with Crippen LogP contribution in [0.1, 0.15) is 66.8 Å². The van der Waals surface area contributed by atoms with Crippen molar-refractivity contribution in [3.63, 3.8) is 0 Å². The fourth-order valence-electron chi connectivity index (χ4n) is 3.28. The normalized spacial score (nSPS) is 18.4. The highest BCUT2D eigenvalue weighted by Gasteiger charge is 2.20. The van der Waals surface area contributed by atoms with Gasteiger partial charge in [-0.2, -0.15) is 0 Å². The number of aryl methyl sites for hydroxylation is 2. The molecule has 102 valence electrons. The van der Waals surface area contributed by atoms with Crippen LogP contribution >= 0.6 is 11.3 Å². The van der Waals surface area contributed by atoms with Gasteiger partial charge in [-0.25, -0.2) is 0 Å². The SMILES string of the molecule is CCNC(CCC1CCCC1)c1sc(C)cc1C. The summed E-state index contributed by atoms with van der Waals surface area (Å²) in [4.78, 5) is 3.03. The summed E-state index contributed by atoms with van der Waals surface area (Å²) in [6, 6.07) is 2.93. The van der Waals surface area contributed by atoms with Crippen LogP contribution in [0.4, 0.5) is 0 Å². The Morgan fingerprint density at radius 1 is 1.33 bits per heavy atom. The standard InChI is InChI=1S/C16H27NS/c1-4-17-15(10-9-14-7-5-6-8-14)16-12(2)11-13(3)18-16/h11,14-15,17H,4-10H2,1-3H3. The van der Waals surface area contributed by atoms with Crippen LogP contribution in [0.2, 0.25) is 0 Å². The first kappa shape index (κ1) is 14.1. The summed E-state index contributed by atoms with van der Waals surface area (Å²) >= 11 is 1.98. The van der Waals surface area contributed by atoms with Crippen LogP contribution in [-0.2, 0) is 0 Å². The summed E-state index contributed by atoms with van der Waals surface area (Å²) in [6.07, 6.45) is 8.61. The maximum absolute atomic E-state index is 3.69. The molecule has 18 heavy (non-hydrogen) atoms. The number of hydrogen-bond donors (Lipinski definition) is 1. The molecule has 2 rings (SSSR count). The highest BCUT2D eigenvalue weighted by Crippen LogP contribution is 2.34. The van der Waals surface area contributed by atoms with Gasteiger partial charge in [0, 0.05) is 15.8 Å². The van der Waals surface area contributed by atoms with Crippen LogP contribution in [0.3, 0.4) is 0 Å². The van der Waals surface area contributed by atoms with Gasteiger partial charge in [-0.1, -0.05) is 32.6 Å².